The molecule has 0 aromatic heterocycles. The fourth-order valence-electron chi connectivity index (χ4n) is 2.94. The molecule has 0 bridgehead atoms. The highest BCUT2D eigenvalue weighted by Gasteiger charge is 2.19. The van der Waals surface area contributed by atoms with E-state index in [0.29, 0.717) is 0 Å². The van der Waals surface area contributed by atoms with Crippen LogP contribution < -0.4 is 5.32 Å². The van der Waals surface area contributed by atoms with Gasteiger partial charge in [0.05, 0.1) is 0 Å². The first-order chi connectivity index (χ1) is 12.2. The van der Waals surface area contributed by atoms with Gasteiger partial charge in [-0.05, 0) is 43.0 Å². The van der Waals surface area contributed by atoms with Gasteiger partial charge >= 0.3 is 0 Å². The highest BCUT2D eigenvalue weighted by atomic mass is 16.1. The van der Waals surface area contributed by atoms with Crippen LogP contribution in [0.5, 0.6) is 0 Å². The monoisotopic (exact) mass is 329 g/mol. The van der Waals surface area contributed by atoms with Crippen molar-refractivity contribution in [3.05, 3.63) is 102 Å². The van der Waals surface area contributed by atoms with Gasteiger partial charge in [-0.1, -0.05) is 78.4 Å². The lowest BCUT2D eigenvalue weighted by Gasteiger charge is -2.17. The molecule has 3 aromatic carbocycles. The minimum atomic E-state index is -0.105. The number of benzene rings is 3. The van der Waals surface area contributed by atoms with Crippen molar-refractivity contribution >= 4 is 11.6 Å². The predicted molar refractivity (Wildman–Crippen MR) is 104 cm³/mol. The van der Waals surface area contributed by atoms with Crippen molar-refractivity contribution in [3.63, 3.8) is 0 Å². The molecule has 3 rings (SSSR count). The molecule has 0 spiro atoms. The summed E-state index contributed by atoms with van der Waals surface area (Å²) in [7, 11) is 0. The van der Waals surface area contributed by atoms with Crippen LogP contribution in [-0.2, 0) is 17.6 Å². The molecule has 3 aromatic rings. The summed E-state index contributed by atoms with van der Waals surface area (Å²) in [4.78, 5) is 12.9. The Labute approximate surface area is 149 Å². The minimum absolute atomic E-state index is 0.0663. The normalized spacial score (nSPS) is 10.6. The molecule has 0 aliphatic carbocycles. The third-order valence-electron chi connectivity index (χ3n) is 4.34. The lowest BCUT2D eigenvalue weighted by Crippen LogP contribution is -2.26. The third kappa shape index (κ3) is 5.05. The fourth-order valence-corrected chi connectivity index (χ4v) is 2.94. The van der Waals surface area contributed by atoms with Crippen molar-refractivity contribution in [3.8, 4) is 0 Å². The van der Waals surface area contributed by atoms with Crippen LogP contribution in [0.3, 0.4) is 0 Å². The first-order valence-corrected chi connectivity index (χ1v) is 8.66. The Morgan fingerprint density at radius 2 is 1.24 bits per heavy atom. The average Bonchev–Trinajstić information content (AvgIpc) is 2.65. The van der Waals surface area contributed by atoms with Gasteiger partial charge in [0.25, 0.3) is 0 Å². The van der Waals surface area contributed by atoms with Crippen LogP contribution in [0, 0.1) is 12.8 Å². The summed E-state index contributed by atoms with van der Waals surface area (Å²) in [5, 5.41) is 3.07. The van der Waals surface area contributed by atoms with Gasteiger partial charge in [0.1, 0.15) is 0 Å². The van der Waals surface area contributed by atoms with Gasteiger partial charge in [-0.15, -0.1) is 0 Å². The fraction of sp³-hybridized carbons (Fsp3) is 0.174. The third-order valence-corrected chi connectivity index (χ3v) is 4.34. The van der Waals surface area contributed by atoms with E-state index in [1.807, 2.05) is 67.6 Å². The maximum absolute atomic E-state index is 12.9. The summed E-state index contributed by atoms with van der Waals surface area (Å²) in [5.74, 6) is -0.0392. The van der Waals surface area contributed by atoms with Gasteiger partial charge in [0.15, 0.2) is 0 Å². The Kier molecular flexibility index (Phi) is 5.63. The molecule has 0 atom stereocenters. The summed E-state index contributed by atoms with van der Waals surface area (Å²) >= 11 is 0. The maximum atomic E-state index is 12.9. The molecule has 2 nitrogen and oxygen atoms in total. The van der Waals surface area contributed by atoms with Crippen LogP contribution in [0.25, 0.3) is 0 Å². The van der Waals surface area contributed by atoms with E-state index in [9.17, 15) is 4.79 Å². The Bertz CT molecular complexity index is 753. The molecule has 1 N–H and O–H groups in total. The van der Waals surface area contributed by atoms with Crippen molar-refractivity contribution in [2.75, 3.05) is 5.32 Å². The molecule has 126 valence electrons. The average molecular weight is 329 g/mol. The van der Waals surface area contributed by atoms with Crippen molar-refractivity contribution in [1.82, 2.24) is 0 Å². The van der Waals surface area contributed by atoms with Crippen LogP contribution in [0.15, 0.2) is 84.9 Å². The number of aryl methyl sites for hydroxylation is 1. The molecule has 0 saturated carbocycles. The smallest absolute Gasteiger partial charge is 0.228 e. The Balaban J connectivity index is 1.76. The second-order valence-electron chi connectivity index (χ2n) is 6.43. The van der Waals surface area contributed by atoms with Crippen molar-refractivity contribution in [2.45, 2.75) is 19.8 Å². The SMILES string of the molecule is Cc1ccc(NC(=O)C(Cc2ccccc2)Cc2ccccc2)cc1. The Morgan fingerprint density at radius 1 is 0.760 bits per heavy atom. The molecule has 0 aliphatic rings. The number of amides is 1. The number of carbonyl (C=O) groups is 1. The number of rotatable bonds is 6. The molecule has 0 unspecified atom stereocenters. The number of hydrogen-bond acceptors (Lipinski definition) is 1. The largest absolute Gasteiger partial charge is 0.326 e. The summed E-state index contributed by atoms with van der Waals surface area (Å²) in [6, 6.07) is 28.3. The summed E-state index contributed by atoms with van der Waals surface area (Å²) in [6.45, 7) is 2.04. The van der Waals surface area contributed by atoms with Gasteiger partial charge in [-0.2, -0.15) is 0 Å². The minimum Gasteiger partial charge on any atom is -0.326 e. The van der Waals surface area contributed by atoms with E-state index in [0.717, 1.165) is 18.5 Å². The number of carbonyl (C=O) groups excluding carboxylic acids is 1. The standard InChI is InChI=1S/C23H23NO/c1-18-12-14-22(15-13-18)24-23(25)21(16-19-8-4-2-5-9-19)17-20-10-6-3-7-11-20/h2-15,21H,16-17H2,1H3,(H,24,25). The van der Waals surface area contributed by atoms with E-state index in [1.165, 1.54) is 16.7 Å². The van der Waals surface area contributed by atoms with Crippen LogP contribution in [0.4, 0.5) is 5.69 Å². The Morgan fingerprint density at radius 3 is 1.72 bits per heavy atom. The topological polar surface area (TPSA) is 29.1 Å². The van der Waals surface area contributed by atoms with E-state index in [2.05, 4.69) is 29.6 Å². The zero-order chi connectivity index (χ0) is 17.5. The van der Waals surface area contributed by atoms with Crippen LogP contribution >= 0.6 is 0 Å². The van der Waals surface area contributed by atoms with Crippen LogP contribution in [0.1, 0.15) is 16.7 Å². The summed E-state index contributed by atoms with van der Waals surface area (Å²) < 4.78 is 0. The number of anilines is 1. The molecule has 0 heterocycles. The second kappa shape index (κ2) is 8.29. The highest BCUT2D eigenvalue weighted by Crippen LogP contribution is 2.18. The molecular formula is C23H23NO. The molecule has 1 amide bonds. The molecule has 25 heavy (non-hydrogen) atoms. The number of hydrogen-bond donors (Lipinski definition) is 1. The van der Waals surface area contributed by atoms with E-state index in [-0.39, 0.29) is 11.8 Å². The van der Waals surface area contributed by atoms with Gasteiger partial charge < -0.3 is 5.32 Å². The van der Waals surface area contributed by atoms with Gasteiger partial charge in [-0.25, -0.2) is 0 Å². The lowest BCUT2D eigenvalue weighted by atomic mass is 9.91. The number of nitrogens with one attached hydrogen (secondary N) is 1. The summed E-state index contributed by atoms with van der Waals surface area (Å²) in [6.07, 6.45) is 1.46. The first-order valence-electron chi connectivity index (χ1n) is 8.66. The molecule has 0 radical (unpaired) electrons. The second-order valence-corrected chi connectivity index (χ2v) is 6.43. The molecule has 0 fully saturated rings. The van der Waals surface area contributed by atoms with Gasteiger partial charge in [0, 0.05) is 11.6 Å². The van der Waals surface area contributed by atoms with Crippen molar-refractivity contribution in [2.24, 2.45) is 5.92 Å². The summed E-state index contributed by atoms with van der Waals surface area (Å²) in [5.41, 5.74) is 4.40. The highest BCUT2D eigenvalue weighted by molar-refractivity contribution is 5.92. The first kappa shape index (κ1) is 17.0. The molecule has 0 saturated heterocycles. The maximum Gasteiger partial charge on any atom is 0.228 e. The molecular weight excluding hydrogens is 306 g/mol. The zero-order valence-corrected chi connectivity index (χ0v) is 14.5. The van der Waals surface area contributed by atoms with E-state index in [4.69, 9.17) is 0 Å². The van der Waals surface area contributed by atoms with Crippen molar-refractivity contribution in [1.29, 1.82) is 0 Å². The molecule has 2 heteroatoms. The molecule has 0 aliphatic heterocycles. The van der Waals surface area contributed by atoms with Gasteiger partial charge in [0.2, 0.25) is 5.91 Å². The van der Waals surface area contributed by atoms with E-state index < -0.39 is 0 Å². The van der Waals surface area contributed by atoms with Gasteiger partial charge in [-0.3, -0.25) is 4.79 Å². The van der Waals surface area contributed by atoms with Crippen molar-refractivity contribution < 1.29 is 4.79 Å². The van der Waals surface area contributed by atoms with Crippen LogP contribution in [0.2, 0.25) is 0 Å². The lowest BCUT2D eigenvalue weighted by molar-refractivity contribution is -0.119. The predicted octanol–water partition coefficient (Wildman–Crippen LogP) is 5.04. The quantitative estimate of drug-likeness (QED) is 0.675. The van der Waals surface area contributed by atoms with E-state index in [1.54, 1.807) is 0 Å². The van der Waals surface area contributed by atoms with Crippen LogP contribution in [-0.4, -0.2) is 5.91 Å². The Hall–Kier alpha value is -2.87. The van der Waals surface area contributed by atoms with E-state index >= 15 is 0 Å². The zero-order valence-electron chi connectivity index (χ0n) is 14.5.